The Kier molecular flexibility index (Phi) is 4.26. The van der Waals surface area contributed by atoms with Gasteiger partial charge in [0.25, 0.3) is 0 Å². The van der Waals surface area contributed by atoms with E-state index >= 15 is 0 Å². The van der Waals surface area contributed by atoms with E-state index in [1.807, 2.05) is 0 Å². The van der Waals surface area contributed by atoms with Gasteiger partial charge in [0.15, 0.2) is 0 Å². The minimum absolute atomic E-state index is 0.377. The smallest absolute Gasteiger partial charge is 0.229 e. The maximum atomic E-state index is 9.97. The van der Waals surface area contributed by atoms with Gasteiger partial charge in [-0.05, 0) is 12.1 Å². The fourth-order valence-electron chi connectivity index (χ4n) is 2.48. The van der Waals surface area contributed by atoms with Gasteiger partial charge in [0.05, 0.1) is 17.1 Å². The minimum atomic E-state index is -1.48. The van der Waals surface area contributed by atoms with Crippen molar-refractivity contribution < 1.29 is 29.9 Å². The normalized spacial score (nSPS) is 32.3. The van der Waals surface area contributed by atoms with Gasteiger partial charge >= 0.3 is 0 Å². The topological polar surface area (TPSA) is 115 Å². The van der Waals surface area contributed by atoms with E-state index in [2.05, 4.69) is 4.98 Å². The Morgan fingerprint density at radius 3 is 2.68 bits per heavy atom. The van der Waals surface area contributed by atoms with Gasteiger partial charge in [-0.2, -0.15) is 0 Å². The van der Waals surface area contributed by atoms with Crippen LogP contribution >= 0.6 is 11.6 Å². The third kappa shape index (κ3) is 2.56. The Balaban J connectivity index is 1.86. The average Bonchev–Trinajstić information content (AvgIpc) is 2.92. The van der Waals surface area contributed by atoms with E-state index in [0.717, 1.165) is 0 Å². The number of aromatic amines is 1. The quantitative estimate of drug-likeness (QED) is 0.541. The third-order valence-electron chi connectivity index (χ3n) is 3.72. The summed E-state index contributed by atoms with van der Waals surface area (Å²) in [6.07, 6.45) is -5.05. The summed E-state index contributed by atoms with van der Waals surface area (Å²) in [5.41, 5.74) is 0.670. The zero-order valence-electron chi connectivity index (χ0n) is 11.4. The van der Waals surface area contributed by atoms with Crippen molar-refractivity contribution in [3.63, 3.8) is 0 Å². The van der Waals surface area contributed by atoms with E-state index in [4.69, 9.17) is 26.2 Å². The van der Waals surface area contributed by atoms with Crippen LogP contribution in [0.5, 0.6) is 5.75 Å². The molecule has 1 fully saturated rings. The lowest BCUT2D eigenvalue weighted by molar-refractivity contribution is -0.277. The Labute approximate surface area is 130 Å². The van der Waals surface area contributed by atoms with Crippen LogP contribution in [-0.4, -0.2) is 62.7 Å². The van der Waals surface area contributed by atoms with E-state index in [1.165, 1.54) is 0 Å². The summed E-state index contributed by atoms with van der Waals surface area (Å²) in [6.45, 7) is -0.509. The fraction of sp³-hybridized carbons (Fsp3) is 0.429. The van der Waals surface area contributed by atoms with Crippen molar-refractivity contribution in [3.05, 3.63) is 29.4 Å². The molecule has 0 amide bonds. The van der Waals surface area contributed by atoms with Gasteiger partial charge < -0.3 is 34.9 Å². The van der Waals surface area contributed by atoms with Crippen molar-refractivity contribution in [2.45, 2.75) is 30.7 Å². The van der Waals surface area contributed by atoms with Gasteiger partial charge in [0.2, 0.25) is 6.29 Å². The molecule has 0 spiro atoms. The van der Waals surface area contributed by atoms with Crippen LogP contribution in [0.25, 0.3) is 10.9 Å². The number of aliphatic hydroxyl groups is 4. The maximum Gasteiger partial charge on any atom is 0.229 e. The fourth-order valence-corrected chi connectivity index (χ4v) is 2.71. The number of hydrogen-bond donors (Lipinski definition) is 5. The number of aliphatic hydroxyl groups excluding tert-OH is 4. The largest absolute Gasteiger partial charge is 0.460 e. The number of fused-ring (bicyclic) bond motifs is 1. The number of benzene rings is 1. The molecule has 0 saturated carbocycles. The summed E-state index contributed by atoms with van der Waals surface area (Å²) in [4.78, 5) is 2.95. The molecule has 0 aliphatic carbocycles. The molecule has 0 radical (unpaired) electrons. The first-order valence-corrected chi connectivity index (χ1v) is 7.13. The van der Waals surface area contributed by atoms with E-state index in [0.29, 0.717) is 21.7 Å². The first kappa shape index (κ1) is 15.5. The Bertz CT molecular complexity index is 660. The molecular weight excluding hydrogens is 314 g/mol. The van der Waals surface area contributed by atoms with Crippen LogP contribution in [-0.2, 0) is 4.74 Å². The standard InChI is InChI=1S/C14H16ClNO6/c15-7-3-1-2-6-8(4-16-10(6)7)21-14-13(20)12(19)11(18)9(5-17)22-14/h1-4,9,11-14,16-20H,5H2/t9?,11-,12?,13?,14-/m1/s1. The monoisotopic (exact) mass is 329 g/mol. The van der Waals surface area contributed by atoms with E-state index in [1.54, 1.807) is 24.4 Å². The summed E-state index contributed by atoms with van der Waals surface area (Å²) >= 11 is 6.06. The lowest BCUT2D eigenvalue weighted by Gasteiger charge is -2.39. The molecular formula is C14H16ClNO6. The molecule has 1 saturated heterocycles. The number of para-hydroxylation sites is 1. The van der Waals surface area contributed by atoms with E-state index in [9.17, 15) is 15.3 Å². The lowest BCUT2D eigenvalue weighted by Crippen LogP contribution is -2.60. The molecule has 3 unspecified atom stereocenters. The molecule has 3 rings (SSSR count). The summed E-state index contributed by atoms with van der Waals surface area (Å²) < 4.78 is 10.9. The lowest BCUT2D eigenvalue weighted by atomic mass is 9.99. The Hall–Kier alpha value is -1.35. The molecule has 22 heavy (non-hydrogen) atoms. The molecule has 1 aliphatic rings. The molecule has 1 aliphatic heterocycles. The number of H-pyrrole nitrogens is 1. The number of ether oxygens (including phenoxy) is 2. The zero-order chi connectivity index (χ0) is 15.9. The first-order chi connectivity index (χ1) is 10.5. The highest BCUT2D eigenvalue weighted by Gasteiger charge is 2.44. The van der Waals surface area contributed by atoms with Crippen LogP contribution < -0.4 is 4.74 Å². The Morgan fingerprint density at radius 2 is 1.95 bits per heavy atom. The molecule has 5 atom stereocenters. The first-order valence-electron chi connectivity index (χ1n) is 6.75. The molecule has 7 nitrogen and oxygen atoms in total. The van der Waals surface area contributed by atoms with Crippen LogP contribution in [0.2, 0.25) is 5.02 Å². The summed E-state index contributed by atoms with van der Waals surface area (Å²) in [6, 6.07) is 5.24. The van der Waals surface area contributed by atoms with Crippen molar-refractivity contribution in [1.29, 1.82) is 0 Å². The second-order valence-corrected chi connectivity index (χ2v) is 5.54. The van der Waals surface area contributed by atoms with Crippen molar-refractivity contribution in [2.75, 3.05) is 6.61 Å². The van der Waals surface area contributed by atoms with Crippen molar-refractivity contribution >= 4 is 22.5 Å². The van der Waals surface area contributed by atoms with Crippen LogP contribution in [0.3, 0.4) is 0 Å². The summed E-state index contributed by atoms with van der Waals surface area (Å²) in [5, 5.41) is 39.8. The SMILES string of the molecule is OCC1O[C@@H](Oc2c[nH]c3c(Cl)cccc23)C(O)C(O)[C@@H]1O. The van der Waals surface area contributed by atoms with Gasteiger partial charge in [-0.1, -0.05) is 17.7 Å². The predicted octanol–water partition coefficient (Wildman–Crippen LogP) is -0.000000000000000278. The summed E-state index contributed by atoms with van der Waals surface area (Å²) in [5.74, 6) is 0.377. The van der Waals surface area contributed by atoms with Gasteiger partial charge in [0.1, 0.15) is 30.2 Å². The number of halogens is 1. The molecule has 5 N–H and O–H groups in total. The van der Waals surface area contributed by atoms with Crippen LogP contribution in [0.15, 0.2) is 24.4 Å². The minimum Gasteiger partial charge on any atom is -0.460 e. The third-order valence-corrected chi connectivity index (χ3v) is 4.03. The van der Waals surface area contributed by atoms with Crippen LogP contribution in [0.4, 0.5) is 0 Å². The molecule has 1 aromatic carbocycles. The molecule has 2 aromatic rings. The molecule has 1 aromatic heterocycles. The number of aromatic nitrogens is 1. The highest BCUT2D eigenvalue weighted by molar-refractivity contribution is 6.35. The number of nitrogens with one attached hydrogen (secondary N) is 1. The van der Waals surface area contributed by atoms with Gasteiger partial charge in [-0.25, -0.2) is 0 Å². The van der Waals surface area contributed by atoms with Gasteiger partial charge in [0, 0.05) is 11.6 Å². The van der Waals surface area contributed by atoms with Crippen molar-refractivity contribution in [2.24, 2.45) is 0 Å². The van der Waals surface area contributed by atoms with Gasteiger partial charge in [-0.3, -0.25) is 0 Å². The molecule has 0 bridgehead atoms. The Morgan fingerprint density at radius 1 is 1.18 bits per heavy atom. The predicted molar refractivity (Wildman–Crippen MR) is 77.7 cm³/mol. The second-order valence-electron chi connectivity index (χ2n) is 5.13. The second kappa shape index (κ2) is 6.04. The van der Waals surface area contributed by atoms with Crippen LogP contribution in [0, 0.1) is 0 Å². The zero-order valence-corrected chi connectivity index (χ0v) is 12.1. The molecule has 8 heteroatoms. The summed E-state index contributed by atoms with van der Waals surface area (Å²) in [7, 11) is 0. The molecule has 2 heterocycles. The van der Waals surface area contributed by atoms with E-state index < -0.39 is 37.3 Å². The molecule has 120 valence electrons. The highest BCUT2D eigenvalue weighted by Crippen LogP contribution is 2.32. The number of hydrogen-bond acceptors (Lipinski definition) is 6. The highest BCUT2D eigenvalue weighted by atomic mass is 35.5. The van der Waals surface area contributed by atoms with Crippen molar-refractivity contribution in [3.8, 4) is 5.75 Å². The van der Waals surface area contributed by atoms with Crippen molar-refractivity contribution in [1.82, 2.24) is 4.98 Å². The van der Waals surface area contributed by atoms with E-state index in [-0.39, 0.29) is 0 Å². The van der Waals surface area contributed by atoms with Crippen LogP contribution in [0.1, 0.15) is 0 Å². The van der Waals surface area contributed by atoms with Gasteiger partial charge in [-0.15, -0.1) is 0 Å². The maximum absolute atomic E-state index is 9.97. The average molecular weight is 330 g/mol. The number of rotatable bonds is 3.